The highest BCUT2D eigenvalue weighted by atomic mass is 16.6. The SMILES string of the molecule is Cn1nc(C2CCC(O)NC2O)c2ccc(N3CC(C(=O)OC(C)(C)C)C3)cc21. The van der Waals surface area contributed by atoms with Crippen LogP contribution in [0.1, 0.15) is 45.2 Å². The Morgan fingerprint density at radius 1 is 1.24 bits per heavy atom. The van der Waals surface area contributed by atoms with Crippen LogP contribution in [-0.2, 0) is 16.6 Å². The molecule has 0 spiro atoms. The molecule has 2 fully saturated rings. The van der Waals surface area contributed by atoms with Crippen LogP contribution in [0.25, 0.3) is 10.9 Å². The van der Waals surface area contributed by atoms with Gasteiger partial charge < -0.3 is 19.8 Å². The predicted octanol–water partition coefficient (Wildman–Crippen LogP) is 1.45. The molecule has 8 nitrogen and oxygen atoms in total. The first-order valence-electron chi connectivity index (χ1n) is 10.2. The third-order valence-corrected chi connectivity index (χ3v) is 5.70. The van der Waals surface area contributed by atoms with E-state index >= 15 is 0 Å². The zero-order chi connectivity index (χ0) is 20.9. The highest BCUT2D eigenvalue weighted by molar-refractivity contribution is 5.86. The zero-order valence-electron chi connectivity index (χ0n) is 17.4. The summed E-state index contributed by atoms with van der Waals surface area (Å²) in [7, 11) is 1.90. The van der Waals surface area contributed by atoms with Gasteiger partial charge in [0, 0.05) is 37.1 Å². The molecule has 0 bridgehead atoms. The van der Waals surface area contributed by atoms with Gasteiger partial charge in [-0.2, -0.15) is 5.10 Å². The Morgan fingerprint density at radius 2 is 1.97 bits per heavy atom. The third-order valence-electron chi connectivity index (χ3n) is 5.70. The Labute approximate surface area is 170 Å². The van der Waals surface area contributed by atoms with Crippen molar-refractivity contribution in [2.75, 3.05) is 18.0 Å². The number of carbonyl (C=O) groups excluding carboxylic acids is 1. The minimum atomic E-state index is -0.818. The fourth-order valence-corrected chi connectivity index (χ4v) is 4.15. The molecule has 2 saturated heterocycles. The standard InChI is InChI=1S/C21H30N4O4/c1-21(2,3)29-20(28)12-10-25(11-12)13-5-6-14-16(9-13)24(4)23-18(14)15-7-8-17(26)22-19(15)27/h5-6,9,12,15,17,19,22,26-27H,7-8,10-11H2,1-4H3. The summed E-state index contributed by atoms with van der Waals surface area (Å²) < 4.78 is 7.31. The molecule has 2 aliphatic rings. The molecule has 158 valence electrons. The van der Waals surface area contributed by atoms with Crippen LogP contribution in [0, 0.1) is 5.92 Å². The highest BCUT2D eigenvalue weighted by Crippen LogP contribution is 2.35. The number of nitrogens with one attached hydrogen (secondary N) is 1. The number of aryl methyl sites for hydroxylation is 1. The summed E-state index contributed by atoms with van der Waals surface area (Å²) in [6.45, 7) is 6.95. The molecule has 0 saturated carbocycles. The number of carbonyl (C=O) groups is 1. The number of hydrogen-bond donors (Lipinski definition) is 3. The number of aliphatic hydroxyl groups is 2. The summed E-state index contributed by atoms with van der Waals surface area (Å²) in [5, 5.41) is 28.5. The van der Waals surface area contributed by atoms with E-state index in [1.165, 1.54) is 0 Å². The summed E-state index contributed by atoms with van der Waals surface area (Å²) in [6.07, 6.45) is -0.237. The number of ether oxygens (including phenoxy) is 1. The summed E-state index contributed by atoms with van der Waals surface area (Å²) in [6, 6.07) is 6.15. The van der Waals surface area contributed by atoms with Crippen molar-refractivity contribution >= 4 is 22.6 Å². The molecule has 2 aromatic rings. The largest absolute Gasteiger partial charge is 0.460 e. The lowest BCUT2D eigenvalue weighted by Gasteiger charge is -2.40. The van der Waals surface area contributed by atoms with E-state index in [2.05, 4.69) is 21.4 Å². The summed E-state index contributed by atoms with van der Waals surface area (Å²) in [4.78, 5) is 14.4. The second-order valence-electron chi connectivity index (χ2n) is 9.16. The number of nitrogens with zero attached hydrogens (tertiary/aromatic N) is 3. The molecule has 4 rings (SSSR count). The van der Waals surface area contributed by atoms with Gasteiger partial charge in [-0.05, 0) is 51.8 Å². The van der Waals surface area contributed by atoms with Crippen LogP contribution < -0.4 is 10.2 Å². The van der Waals surface area contributed by atoms with Crippen LogP contribution in [0.15, 0.2) is 18.2 Å². The molecular formula is C21H30N4O4. The molecule has 0 amide bonds. The molecule has 8 heteroatoms. The summed E-state index contributed by atoms with van der Waals surface area (Å²) in [5.74, 6) is -0.394. The predicted molar refractivity (Wildman–Crippen MR) is 109 cm³/mol. The Bertz CT molecular complexity index is 913. The number of hydrogen-bond acceptors (Lipinski definition) is 7. The van der Waals surface area contributed by atoms with Gasteiger partial charge in [-0.1, -0.05) is 0 Å². The van der Waals surface area contributed by atoms with E-state index in [0.29, 0.717) is 25.9 Å². The van der Waals surface area contributed by atoms with Crippen molar-refractivity contribution < 1.29 is 19.7 Å². The van der Waals surface area contributed by atoms with Crippen molar-refractivity contribution in [2.45, 2.75) is 57.6 Å². The molecular weight excluding hydrogens is 372 g/mol. The van der Waals surface area contributed by atoms with E-state index in [-0.39, 0.29) is 17.8 Å². The van der Waals surface area contributed by atoms with E-state index in [1.54, 1.807) is 0 Å². The maximum Gasteiger partial charge on any atom is 0.313 e. The van der Waals surface area contributed by atoms with Gasteiger partial charge in [-0.15, -0.1) is 0 Å². The van der Waals surface area contributed by atoms with Crippen molar-refractivity contribution in [3.05, 3.63) is 23.9 Å². The van der Waals surface area contributed by atoms with Crippen molar-refractivity contribution in [1.82, 2.24) is 15.1 Å². The van der Waals surface area contributed by atoms with Crippen molar-refractivity contribution in [3.8, 4) is 0 Å². The quantitative estimate of drug-likeness (QED) is 0.668. The molecule has 29 heavy (non-hydrogen) atoms. The van der Waals surface area contributed by atoms with Gasteiger partial charge >= 0.3 is 5.97 Å². The lowest BCUT2D eigenvalue weighted by Crippen LogP contribution is -2.52. The van der Waals surface area contributed by atoms with E-state index in [9.17, 15) is 15.0 Å². The number of aromatic nitrogens is 2. The van der Waals surface area contributed by atoms with E-state index in [0.717, 1.165) is 22.3 Å². The molecule has 3 N–H and O–H groups in total. The van der Waals surface area contributed by atoms with Crippen molar-refractivity contribution in [2.24, 2.45) is 13.0 Å². The smallest absolute Gasteiger partial charge is 0.313 e. The van der Waals surface area contributed by atoms with Gasteiger partial charge in [0.25, 0.3) is 0 Å². The molecule has 3 heterocycles. The average Bonchev–Trinajstić information content (AvgIpc) is 2.88. The minimum Gasteiger partial charge on any atom is -0.460 e. The first-order valence-corrected chi connectivity index (χ1v) is 10.2. The minimum absolute atomic E-state index is 0.0955. The fourth-order valence-electron chi connectivity index (χ4n) is 4.15. The van der Waals surface area contributed by atoms with Crippen molar-refractivity contribution in [1.29, 1.82) is 0 Å². The van der Waals surface area contributed by atoms with Crippen LogP contribution in [-0.4, -0.2) is 57.1 Å². The van der Waals surface area contributed by atoms with E-state index < -0.39 is 18.1 Å². The normalized spacial score (nSPS) is 25.9. The molecule has 1 aromatic carbocycles. The highest BCUT2D eigenvalue weighted by Gasteiger charge is 2.36. The summed E-state index contributed by atoms with van der Waals surface area (Å²) in [5.41, 5.74) is 2.41. The lowest BCUT2D eigenvalue weighted by atomic mass is 9.91. The van der Waals surface area contributed by atoms with Gasteiger partial charge in [0.1, 0.15) is 18.1 Å². The molecule has 2 aliphatic heterocycles. The van der Waals surface area contributed by atoms with E-state index in [1.807, 2.05) is 44.6 Å². The molecule has 3 unspecified atom stereocenters. The number of aliphatic hydroxyl groups excluding tert-OH is 2. The van der Waals surface area contributed by atoms with Crippen molar-refractivity contribution in [3.63, 3.8) is 0 Å². The Hall–Kier alpha value is -2.16. The topological polar surface area (TPSA) is 99.9 Å². The number of fused-ring (bicyclic) bond motifs is 1. The Kier molecular flexibility index (Phi) is 5.04. The number of anilines is 1. The lowest BCUT2D eigenvalue weighted by molar-refractivity contribution is -0.160. The maximum atomic E-state index is 12.2. The van der Waals surface area contributed by atoms with Crippen LogP contribution in [0.5, 0.6) is 0 Å². The van der Waals surface area contributed by atoms with Gasteiger partial charge in [0.2, 0.25) is 0 Å². The van der Waals surface area contributed by atoms with E-state index in [4.69, 9.17) is 4.74 Å². The third kappa shape index (κ3) is 3.97. The first-order chi connectivity index (χ1) is 13.6. The zero-order valence-corrected chi connectivity index (χ0v) is 17.4. The first kappa shape index (κ1) is 20.1. The number of rotatable bonds is 3. The van der Waals surface area contributed by atoms with Crippen LogP contribution in [0.2, 0.25) is 0 Å². The fraction of sp³-hybridized carbons (Fsp3) is 0.619. The molecule has 1 aromatic heterocycles. The Morgan fingerprint density at radius 3 is 2.62 bits per heavy atom. The van der Waals surface area contributed by atoms with Crippen LogP contribution >= 0.6 is 0 Å². The molecule has 0 radical (unpaired) electrons. The van der Waals surface area contributed by atoms with Crippen LogP contribution in [0.3, 0.4) is 0 Å². The van der Waals surface area contributed by atoms with Gasteiger partial charge in [-0.3, -0.25) is 14.8 Å². The number of benzene rings is 1. The Balaban J connectivity index is 1.50. The van der Waals surface area contributed by atoms with Gasteiger partial charge in [0.05, 0.1) is 17.1 Å². The summed E-state index contributed by atoms with van der Waals surface area (Å²) >= 11 is 0. The second kappa shape index (κ2) is 7.27. The maximum absolute atomic E-state index is 12.2. The monoisotopic (exact) mass is 402 g/mol. The number of esters is 1. The second-order valence-corrected chi connectivity index (χ2v) is 9.16. The van der Waals surface area contributed by atoms with Gasteiger partial charge in [0.15, 0.2) is 0 Å². The average molecular weight is 402 g/mol. The molecule has 0 aliphatic carbocycles. The number of piperidine rings is 1. The van der Waals surface area contributed by atoms with Crippen LogP contribution in [0.4, 0.5) is 5.69 Å². The van der Waals surface area contributed by atoms with Gasteiger partial charge in [-0.25, -0.2) is 0 Å². The molecule has 3 atom stereocenters.